The Labute approximate surface area is 163 Å². The first-order valence-corrected chi connectivity index (χ1v) is 8.99. The molecule has 134 valence electrons. The van der Waals surface area contributed by atoms with Gasteiger partial charge in [0.2, 0.25) is 0 Å². The molecular formula is C19H31IN4. The number of guanidine groups is 1. The van der Waals surface area contributed by atoms with E-state index in [0.29, 0.717) is 18.0 Å². The SMILES string of the molecule is CCN1CCCC1CNC(=NC)NC1CC1c1ccccc1C.I. The molecule has 1 saturated carbocycles. The Balaban J connectivity index is 0.00000208. The number of hydrogen-bond donors (Lipinski definition) is 2. The van der Waals surface area contributed by atoms with E-state index in [1.807, 2.05) is 7.05 Å². The molecule has 3 rings (SSSR count). The van der Waals surface area contributed by atoms with E-state index >= 15 is 0 Å². The van der Waals surface area contributed by atoms with Crippen molar-refractivity contribution >= 4 is 29.9 Å². The molecular weight excluding hydrogens is 411 g/mol. The monoisotopic (exact) mass is 442 g/mol. The first kappa shape index (κ1) is 19.5. The lowest BCUT2D eigenvalue weighted by Gasteiger charge is -2.24. The number of nitrogens with one attached hydrogen (secondary N) is 2. The van der Waals surface area contributed by atoms with Gasteiger partial charge >= 0.3 is 0 Å². The first-order chi connectivity index (χ1) is 11.2. The lowest BCUT2D eigenvalue weighted by Crippen LogP contribution is -2.45. The standard InChI is InChI=1S/C19H30N4.HI/c1-4-23-11-7-9-15(23)13-21-19(20-3)22-18-12-17(18)16-10-6-5-8-14(16)2;/h5-6,8,10,15,17-18H,4,7,9,11-13H2,1-3H3,(H2,20,21,22);1H. The van der Waals surface area contributed by atoms with Crippen LogP contribution in [0.3, 0.4) is 0 Å². The van der Waals surface area contributed by atoms with Gasteiger partial charge in [0.15, 0.2) is 5.96 Å². The normalized spacial score (nSPS) is 26.8. The molecule has 0 spiro atoms. The van der Waals surface area contributed by atoms with Gasteiger partial charge in [-0.05, 0) is 50.4 Å². The van der Waals surface area contributed by atoms with Crippen LogP contribution < -0.4 is 10.6 Å². The van der Waals surface area contributed by atoms with Gasteiger partial charge in [-0.2, -0.15) is 0 Å². The van der Waals surface area contributed by atoms with Crippen LogP contribution in [-0.4, -0.2) is 49.6 Å². The van der Waals surface area contributed by atoms with E-state index in [9.17, 15) is 0 Å². The lowest BCUT2D eigenvalue weighted by molar-refractivity contribution is 0.267. The van der Waals surface area contributed by atoms with Gasteiger partial charge in [0.05, 0.1) is 0 Å². The topological polar surface area (TPSA) is 39.7 Å². The maximum atomic E-state index is 4.41. The number of aliphatic imine (C=N–C) groups is 1. The second-order valence-corrected chi connectivity index (χ2v) is 6.83. The Hall–Kier alpha value is -0.820. The molecule has 2 fully saturated rings. The molecule has 1 aliphatic carbocycles. The maximum absolute atomic E-state index is 4.41. The molecule has 0 radical (unpaired) electrons. The molecule has 5 heteroatoms. The van der Waals surface area contributed by atoms with E-state index in [1.165, 1.54) is 36.9 Å². The third-order valence-electron chi connectivity index (χ3n) is 5.33. The number of aryl methyl sites for hydroxylation is 1. The maximum Gasteiger partial charge on any atom is 0.191 e. The number of halogens is 1. The molecule has 1 aromatic carbocycles. The predicted molar refractivity (Wildman–Crippen MR) is 113 cm³/mol. The molecule has 1 aliphatic heterocycles. The molecule has 24 heavy (non-hydrogen) atoms. The highest BCUT2D eigenvalue weighted by molar-refractivity contribution is 14.0. The highest BCUT2D eigenvalue weighted by atomic mass is 127. The molecule has 2 N–H and O–H groups in total. The molecule has 0 aromatic heterocycles. The summed E-state index contributed by atoms with van der Waals surface area (Å²) in [5.74, 6) is 1.59. The van der Waals surface area contributed by atoms with E-state index in [2.05, 4.69) is 58.6 Å². The van der Waals surface area contributed by atoms with Gasteiger partial charge in [-0.1, -0.05) is 31.2 Å². The number of rotatable bonds is 5. The third kappa shape index (κ3) is 4.63. The second kappa shape index (κ2) is 9.04. The zero-order valence-corrected chi connectivity index (χ0v) is 17.4. The molecule has 2 aliphatic rings. The second-order valence-electron chi connectivity index (χ2n) is 6.83. The Bertz CT molecular complexity index is 560. The summed E-state index contributed by atoms with van der Waals surface area (Å²) in [5, 5.41) is 7.12. The molecule has 0 amide bonds. The summed E-state index contributed by atoms with van der Waals surface area (Å²) in [5.41, 5.74) is 2.88. The van der Waals surface area contributed by atoms with Crippen LogP contribution in [-0.2, 0) is 0 Å². The fourth-order valence-electron chi connectivity index (χ4n) is 3.83. The third-order valence-corrected chi connectivity index (χ3v) is 5.33. The Morgan fingerprint density at radius 2 is 2.12 bits per heavy atom. The number of likely N-dealkylation sites (tertiary alicyclic amines) is 1. The van der Waals surface area contributed by atoms with Crippen molar-refractivity contribution in [2.24, 2.45) is 4.99 Å². The van der Waals surface area contributed by atoms with Crippen molar-refractivity contribution < 1.29 is 0 Å². The van der Waals surface area contributed by atoms with Crippen molar-refractivity contribution in [3.63, 3.8) is 0 Å². The van der Waals surface area contributed by atoms with Crippen LogP contribution in [0.4, 0.5) is 0 Å². The summed E-state index contributed by atoms with van der Waals surface area (Å²) in [6.07, 6.45) is 3.83. The number of hydrogen-bond acceptors (Lipinski definition) is 2. The summed E-state index contributed by atoms with van der Waals surface area (Å²) in [7, 11) is 1.87. The molecule has 1 saturated heterocycles. The van der Waals surface area contributed by atoms with E-state index in [4.69, 9.17) is 0 Å². The van der Waals surface area contributed by atoms with Crippen molar-refractivity contribution in [1.29, 1.82) is 0 Å². The predicted octanol–water partition coefficient (Wildman–Crippen LogP) is 3.12. The van der Waals surface area contributed by atoms with E-state index in [1.54, 1.807) is 0 Å². The van der Waals surface area contributed by atoms with Crippen LogP contribution in [0, 0.1) is 6.92 Å². The van der Waals surface area contributed by atoms with Crippen molar-refractivity contribution in [1.82, 2.24) is 15.5 Å². The van der Waals surface area contributed by atoms with Crippen molar-refractivity contribution in [2.75, 3.05) is 26.7 Å². The zero-order chi connectivity index (χ0) is 16.2. The molecule has 4 nitrogen and oxygen atoms in total. The average molecular weight is 442 g/mol. The average Bonchev–Trinajstić information content (AvgIpc) is 3.17. The largest absolute Gasteiger partial charge is 0.355 e. The zero-order valence-electron chi connectivity index (χ0n) is 15.1. The summed E-state index contributed by atoms with van der Waals surface area (Å²) < 4.78 is 0. The summed E-state index contributed by atoms with van der Waals surface area (Å²) in [6.45, 7) is 7.85. The lowest BCUT2D eigenvalue weighted by atomic mass is 10.0. The molecule has 3 unspecified atom stereocenters. The van der Waals surface area contributed by atoms with E-state index < -0.39 is 0 Å². The fourth-order valence-corrected chi connectivity index (χ4v) is 3.83. The van der Waals surface area contributed by atoms with Crippen LogP contribution in [0.2, 0.25) is 0 Å². The van der Waals surface area contributed by atoms with Crippen molar-refractivity contribution in [3.05, 3.63) is 35.4 Å². The van der Waals surface area contributed by atoms with Crippen LogP contribution >= 0.6 is 24.0 Å². The smallest absolute Gasteiger partial charge is 0.191 e. The summed E-state index contributed by atoms with van der Waals surface area (Å²) in [6, 6.07) is 9.90. The molecule has 0 bridgehead atoms. The Morgan fingerprint density at radius 1 is 1.33 bits per heavy atom. The minimum Gasteiger partial charge on any atom is -0.355 e. The van der Waals surface area contributed by atoms with Gasteiger partial charge < -0.3 is 10.6 Å². The number of benzene rings is 1. The Kier molecular flexibility index (Phi) is 7.34. The first-order valence-electron chi connectivity index (χ1n) is 8.99. The van der Waals surface area contributed by atoms with E-state index in [-0.39, 0.29) is 24.0 Å². The summed E-state index contributed by atoms with van der Waals surface area (Å²) >= 11 is 0. The molecule has 1 aromatic rings. The van der Waals surface area contributed by atoms with Gasteiger partial charge in [-0.15, -0.1) is 24.0 Å². The van der Waals surface area contributed by atoms with Crippen LogP contribution in [0.25, 0.3) is 0 Å². The van der Waals surface area contributed by atoms with Gasteiger partial charge in [-0.3, -0.25) is 9.89 Å². The van der Waals surface area contributed by atoms with Crippen molar-refractivity contribution in [2.45, 2.75) is 51.1 Å². The van der Waals surface area contributed by atoms with Crippen molar-refractivity contribution in [3.8, 4) is 0 Å². The highest BCUT2D eigenvalue weighted by Gasteiger charge is 2.39. The van der Waals surface area contributed by atoms with Gasteiger partial charge in [0.1, 0.15) is 0 Å². The minimum atomic E-state index is 0. The van der Waals surface area contributed by atoms with Crippen LogP contribution in [0.15, 0.2) is 29.3 Å². The molecule has 1 heterocycles. The summed E-state index contributed by atoms with van der Waals surface area (Å²) in [4.78, 5) is 6.97. The minimum absolute atomic E-state index is 0. The van der Waals surface area contributed by atoms with Crippen LogP contribution in [0.1, 0.15) is 43.2 Å². The highest BCUT2D eigenvalue weighted by Crippen LogP contribution is 2.41. The number of nitrogens with zero attached hydrogens (tertiary/aromatic N) is 2. The Morgan fingerprint density at radius 3 is 2.83 bits per heavy atom. The van der Waals surface area contributed by atoms with Gasteiger partial charge in [-0.25, -0.2) is 0 Å². The molecule has 3 atom stereocenters. The van der Waals surface area contributed by atoms with E-state index in [0.717, 1.165) is 19.0 Å². The van der Waals surface area contributed by atoms with Crippen LogP contribution in [0.5, 0.6) is 0 Å². The van der Waals surface area contributed by atoms with Gasteiger partial charge in [0.25, 0.3) is 0 Å². The van der Waals surface area contributed by atoms with Gasteiger partial charge in [0, 0.05) is 31.6 Å². The number of likely N-dealkylation sites (N-methyl/N-ethyl adjacent to an activating group) is 1. The quantitative estimate of drug-likeness (QED) is 0.418. The fraction of sp³-hybridized carbons (Fsp3) is 0.632.